The third-order valence-corrected chi connectivity index (χ3v) is 6.19. The van der Waals surface area contributed by atoms with E-state index in [0.29, 0.717) is 24.7 Å². The van der Waals surface area contributed by atoms with Gasteiger partial charge in [0.25, 0.3) is 5.56 Å². The zero-order valence-electron chi connectivity index (χ0n) is 14.3. The zero-order chi connectivity index (χ0) is 19.1. The number of aryl methyl sites for hydroxylation is 2. The summed E-state index contributed by atoms with van der Waals surface area (Å²) in [7, 11) is 0. The Morgan fingerprint density at radius 3 is 2.42 bits per heavy atom. The smallest absolute Gasteiger partial charge is 0.297 e. The Kier molecular flexibility index (Phi) is 5.09. The predicted molar refractivity (Wildman–Crippen MR) is 93.3 cm³/mol. The lowest BCUT2D eigenvalue weighted by atomic mass is 9.95. The van der Waals surface area contributed by atoms with Gasteiger partial charge in [-0.25, -0.2) is 4.79 Å². The summed E-state index contributed by atoms with van der Waals surface area (Å²) in [5.74, 6) is 0. The van der Waals surface area contributed by atoms with Gasteiger partial charge >= 0.3 is 11.9 Å². The molecule has 0 N–H and O–H groups in total. The molecule has 2 heterocycles. The molecule has 2 aromatic heterocycles. The molecule has 26 heavy (non-hydrogen) atoms. The first-order valence-corrected chi connectivity index (χ1v) is 9.36. The lowest BCUT2D eigenvalue weighted by Crippen LogP contribution is -2.43. The Labute approximate surface area is 151 Å². The van der Waals surface area contributed by atoms with Gasteiger partial charge in [-0.05, 0) is 25.3 Å². The lowest BCUT2D eigenvalue weighted by Gasteiger charge is -2.24. The maximum atomic E-state index is 13.0. The first kappa shape index (κ1) is 18.9. The van der Waals surface area contributed by atoms with Gasteiger partial charge in [0.05, 0.1) is 16.7 Å². The van der Waals surface area contributed by atoms with Crippen LogP contribution in [0.5, 0.6) is 0 Å². The number of alkyl halides is 3. The van der Waals surface area contributed by atoms with Gasteiger partial charge in [0.1, 0.15) is 4.83 Å². The molecule has 0 unspecified atom stereocenters. The zero-order valence-corrected chi connectivity index (χ0v) is 15.1. The van der Waals surface area contributed by atoms with Crippen molar-refractivity contribution in [1.29, 1.82) is 0 Å². The number of aromatic nitrogens is 2. The van der Waals surface area contributed by atoms with E-state index < -0.39 is 30.4 Å². The monoisotopic (exact) mass is 388 g/mol. The van der Waals surface area contributed by atoms with Gasteiger partial charge in [-0.1, -0.05) is 19.3 Å². The van der Waals surface area contributed by atoms with Crippen LogP contribution in [0.4, 0.5) is 13.2 Å². The molecule has 0 spiro atoms. The molecule has 0 amide bonds. The molecule has 0 saturated heterocycles. The van der Waals surface area contributed by atoms with E-state index in [2.05, 4.69) is 0 Å². The Hall–Kier alpha value is -1.90. The topological polar surface area (TPSA) is 61.1 Å². The molecule has 0 bridgehead atoms. The third-order valence-electron chi connectivity index (χ3n) is 4.95. The van der Waals surface area contributed by atoms with E-state index in [9.17, 15) is 27.6 Å². The van der Waals surface area contributed by atoms with Crippen LogP contribution in [0.25, 0.3) is 10.2 Å². The molecule has 1 aliphatic carbocycles. The summed E-state index contributed by atoms with van der Waals surface area (Å²) in [4.78, 5) is 37.5. The molecule has 1 saturated carbocycles. The van der Waals surface area contributed by atoms with E-state index >= 15 is 0 Å². The number of carbonyl (C=O) groups excluding carboxylic acids is 1. The standard InChI is InChI=1S/C17H19F3N2O3S/c1-10-12(9-23)26-15-13(10)14(24)22(11-5-3-2-4-6-11)16(25)21(15)8-7-17(18,19)20/h9,11H,2-8H2,1H3. The van der Waals surface area contributed by atoms with Crippen LogP contribution in [-0.4, -0.2) is 21.6 Å². The Bertz CT molecular complexity index is 949. The molecule has 1 aliphatic rings. The van der Waals surface area contributed by atoms with Crippen molar-refractivity contribution in [1.82, 2.24) is 9.13 Å². The summed E-state index contributed by atoms with van der Waals surface area (Å²) in [5, 5.41) is 0.185. The highest BCUT2D eigenvalue weighted by molar-refractivity contribution is 7.20. The van der Waals surface area contributed by atoms with Crippen LogP contribution in [0.1, 0.15) is 59.8 Å². The second kappa shape index (κ2) is 7.02. The summed E-state index contributed by atoms with van der Waals surface area (Å²) >= 11 is 0.899. The minimum absolute atomic E-state index is 0.149. The summed E-state index contributed by atoms with van der Waals surface area (Å²) in [6.45, 7) is 1.03. The van der Waals surface area contributed by atoms with Gasteiger partial charge in [0.2, 0.25) is 0 Å². The normalized spacial score (nSPS) is 16.3. The number of thiophene rings is 1. The first-order chi connectivity index (χ1) is 12.2. The summed E-state index contributed by atoms with van der Waals surface area (Å²) in [5.41, 5.74) is -0.783. The molecule has 5 nitrogen and oxygen atoms in total. The minimum atomic E-state index is -4.42. The van der Waals surface area contributed by atoms with Crippen molar-refractivity contribution in [3.8, 4) is 0 Å². The van der Waals surface area contributed by atoms with Gasteiger partial charge in [0, 0.05) is 12.6 Å². The van der Waals surface area contributed by atoms with Crippen LogP contribution >= 0.6 is 11.3 Å². The van der Waals surface area contributed by atoms with Crippen molar-refractivity contribution in [2.24, 2.45) is 0 Å². The van der Waals surface area contributed by atoms with E-state index in [1.165, 1.54) is 0 Å². The quantitative estimate of drug-likeness (QED) is 0.749. The summed E-state index contributed by atoms with van der Waals surface area (Å²) < 4.78 is 40.3. The van der Waals surface area contributed by atoms with Crippen LogP contribution in [0, 0.1) is 6.92 Å². The van der Waals surface area contributed by atoms with Crippen LogP contribution < -0.4 is 11.2 Å². The maximum Gasteiger partial charge on any atom is 0.390 e. The van der Waals surface area contributed by atoms with Crippen molar-refractivity contribution >= 4 is 27.8 Å². The molecule has 1 fully saturated rings. The van der Waals surface area contributed by atoms with Gasteiger partial charge in [-0.2, -0.15) is 13.2 Å². The van der Waals surface area contributed by atoms with Crippen molar-refractivity contribution in [3.05, 3.63) is 31.3 Å². The largest absolute Gasteiger partial charge is 0.390 e. The molecule has 0 radical (unpaired) electrons. The van der Waals surface area contributed by atoms with Crippen molar-refractivity contribution in [3.63, 3.8) is 0 Å². The number of hydrogen-bond donors (Lipinski definition) is 0. The SMILES string of the molecule is Cc1c(C=O)sc2c1c(=O)n(C1CCCCC1)c(=O)n2CCC(F)(F)F. The number of rotatable bonds is 4. The Morgan fingerprint density at radius 1 is 1.19 bits per heavy atom. The van der Waals surface area contributed by atoms with Crippen molar-refractivity contribution in [2.75, 3.05) is 0 Å². The molecular formula is C17H19F3N2O3S. The van der Waals surface area contributed by atoms with Crippen molar-refractivity contribution in [2.45, 2.75) is 64.2 Å². The number of nitrogens with zero attached hydrogens (tertiary/aromatic N) is 2. The Morgan fingerprint density at radius 2 is 1.85 bits per heavy atom. The first-order valence-electron chi connectivity index (χ1n) is 8.55. The number of aldehydes is 1. The van der Waals surface area contributed by atoms with Crippen molar-refractivity contribution < 1.29 is 18.0 Å². The number of fused-ring (bicyclic) bond motifs is 1. The van der Waals surface area contributed by atoms with Crippen LogP contribution in [-0.2, 0) is 6.54 Å². The minimum Gasteiger partial charge on any atom is -0.297 e. The lowest BCUT2D eigenvalue weighted by molar-refractivity contribution is -0.136. The van der Waals surface area contributed by atoms with Crippen LogP contribution in [0.3, 0.4) is 0 Å². The molecule has 2 aromatic rings. The number of carbonyl (C=O) groups is 1. The van der Waals surface area contributed by atoms with E-state index in [4.69, 9.17) is 0 Å². The predicted octanol–water partition coefficient (Wildman–Crippen LogP) is 3.80. The molecule has 0 atom stereocenters. The van der Waals surface area contributed by atoms with E-state index in [1.54, 1.807) is 6.92 Å². The number of hydrogen-bond acceptors (Lipinski definition) is 4. The second-order valence-corrected chi connectivity index (χ2v) is 7.69. The van der Waals surface area contributed by atoms with Gasteiger partial charge in [-0.3, -0.25) is 18.7 Å². The highest BCUT2D eigenvalue weighted by Crippen LogP contribution is 2.30. The average molecular weight is 388 g/mol. The van der Waals surface area contributed by atoms with Gasteiger partial charge in [-0.15, -0.1) is 11.3 Å². The highest BCUT2D eigenvalue weighted by Gasteiger charge is 2.30. The average Bonchev–Trinajstić information content (AvgIpc) is 2.91. The molecular weight excluding hydrogens is 369 g/mol. The fraction of sp³-hybridized carbons (Fsp3) is 0.588. The van der Waals surface area contributed by atoms with Gasteiger partial charge in [0.15, 0.2) is 6.29 Å². The molecule has 0 aliphatic heterocycles. The molecule has 3 rings (SSSR count). The maximum absolute atomic E-state index is 13.0. The van der Waals surface area contributed by atoms with Gasteiger partial charge < -0.3 is 0 Å². The molecule has 0 aromatic carbocycles. The van der Waals surface area contributed by atoms with E-state index in [-0.39, 0.29) is 21.1 Å². The molecule has 9 heteroatoms. The van der Waals surface area contributed by atoms with Crippen LogP contribution in [0.15, 0.2) is 9.59 Å². The van der Waals surface area contributed by atoms with Crippen LogP contribution in [0.2, 0.25) is 0 Å². The fourth-order valence-electron chi connectivity index (χ4n) is 3.59. The summed E-state index contributed by atoms with van der Waals surface area (Å²) in [6, 6.07) is -0.302. The molecule has 142 valence electrons. The number of halogens is 3. The Balaban J connectivity index is 2.27. The second-order valence-electron chi connectivity index (χ2n) is 6.66. The third kappa shape index (κ3) is 3.36. The highest BCUT2D eigenvalue weighted by atomic mass is 32.1. The van der Waals surface area contributed by atoms with E-state index in [0.717, 1.165) is 39.7 Å². The van der Waals surface area contributed by atoms with E-state index in [1.807, 2.05) is 0 Å². The summed E-state index contributed by atoms with van der Waals surface area (Å²) in [6.07, 6.45) is -0.937. The fourth-order valence-corrected chi connectivity index (χ4v) is 4.72.